The standard InChI is InChI=1S/C16H14ClN3O2/c17-12-6-7-14(18-10-12)19-16(22)11-3-1-4-13(9-11)20-8-2-5-15(20)21/h1,3-4,6-7,9-10H,2,5,8H2,(H,18,19,22). The van der Waals surface area contributed by atoms with Gasteiger partial charge in [0.15, 0.2) is 0 Å². The quantitative estimate of drug-likeness (QED) is 0.946. The first-order valence-electron chi connectivity index (χ1n) is 6.97. The zero-order chi connectivity index (χ0) is 15.5. The molecule has 1 aromatic heterocycles. The van der Waals surface area contributed by atoms with E-state index in [2.05, 4.69) is 10.3 Å². The summed E-state index contributed by atoms with van der Waals surface area (Å²) in [6, 6.07) is 10.3. The summed E-state index contributed by atoms with van der Waals surface area (Å²) in [4.78, 5) is 29.8. The van der Waals surface area contributed by atoms with Gasteiger partial charge in [-0.05, 0) is 36.8 Å². The number of pyridine rings is 1. The molecule has 0 radical (unpaired) electrons. The first kappa shape index (κ1) is 14.5. The van der Waals surface area contributed by atoms with Crippen LogP contribution in [0.2, 0.25) is 5.02 Å². The summed E-state index contributed by atoms with van der Waals surface area (Å²) in [5, 5.41) is 3.21. The molecule has 22 heavy (non-hydrogen) atoms. The van der Waals surface area contributed by atoms with Crippen LogP contribution in [0.5, 0.6) is 0 Å². The lowest BCUT2D eigenvalue weighted by atomic mass is 10.1. The van der Waals surface area contributed by atoms with Gasteiger partial charge in [-0.1, -0.05) is 17.7 Å². The molecule has 0 unspecified atom stereocenters. The summed E-state index contributed by atoms with van der Waals surface area (Å²) < 4.78 is 0. The Morgan fingerprint density at radius 2 is 2.14 bits per heavy atom. The van der Waals surface area contributed by atoms with Crippen LogP contribution in [0.15, 0.2) is 42.6 Å². The Kier molecular flexibility index (Phi) is 4.06. The van der Waals surface area contributed by atoms with E-state index in [-0.39, 0.29) is 11.8 Å². The summed E-state index contributed by atoms with van der Waals surface area (Å²) in [5.74, 6) is 0.247. The van der Waals surface area contributed by atoms with Gasteiger partial charge in [0.25, 0.3) is 5.91 Å². The Hall–Kier alpha value is -2.40. The van der Waals surface area contributed by atoms with E-state index in [9.17, 15) is 9.59 Å². The average molecular weight is 316 g/mol. The van der Waals surface area contributed by atoms with Gasteiger partial charge in [0.2, 0.25) is 5.91 Å². The van der Waals surface area contributed by atoms with Crippen molar-refractivity contribution in [1.82, 2.24) is 4.98 Å². The van der Waals surface area contributed by atoms with Crippen LogP contribution in [0.25, 0.3) is 0 Å². The van der Waals surface area contributed by atoms with E-state index in [1.165, 1.54) is 6.20 Å². The molecule has 5 nitrogen and oxygen atoms in total. The number of halogens is 1. The highest BCUT2D eigenvalue weighted by atomic mass is 35.5. The molecule has 0 atom stereocenters. The van der Waals surface area contributed by atoms with E-state index in [4.69, 9.17) is 11.6 Å². The molecule has 6 heteroatoms. The predicted octanol–water partition coefficient (Wildman–Crippen LogP) is 3.11. The van der Waals surface area contributed by atoms with Gasteiger partial charge < -0.3 is 10.2 Å². The van der Waals surface area contributed by atoms with Gasteiger partial charge in [-0.3, -0.25) is 9.59 Å². The minimum absolute atomic E-state index is 0.0944. The zero-order valence-corrected chi connectivity index (χ0v) is 12.5. The lowest BCUT2D eigenvalue weighted by Crippen LogP contribution is -2.24. The first-order valence-corrected chi connectivity index (χ1v) is 7.34. The van der Waals surface area contributed by atoms with Crippen molar-refractivity contribution in [1.29, 1.82) is 0 Å². The van der Waals surface area contributed by atoms with E-state index in [0.717, 1.165) is 12.1 Å². The first-order chi connectivity index (χ1) is 10.6. The van der Waals surface area contributed by atoms with E-state index in [1.54, 1.807) is 35.2 Å². The average Bonchev–Trinajstić information content (AvgIpc) is 2.96. The Labute approximate surface area is 132 Å². The molecule has 1 aliphatic rings. The molecule has 2 aromatic rings. The number of nitrogens with zero attached hydrogens (tertiary/aromatic N) is 2. The van der Waals surface area contributed by atoms with Crippen molar-refractivity contribution in [2.45, 2.75) is 12.8 Å². The van der Waals surface area contributed by atoms with Crippen LogP contribution in [0.4, 0.5) is 11.5 Å². The third-order valence-corrected chi connectivity index (χ3v) is 3.69. The summed E-state index contributed by atoms with van der Waals surface area (Å²) in [6.07, 6.45) is 2.88. The van der Waals surface area contributed by atoms with Crippen molar-refractivity contribution < 1.29 is 9.59 Å². The van der Waals surface area contributed by atoms with Crippen LogP contribution in [0.3, 0.4) is 0 Å². The van der Waals surface area contributed by atoms with Crippen molar-refractivity contribution >= 4 is 34.9 Å². The van der Waals surface area contributed by atoms with E-state index >= 15 is 0 Å². The lowest BCUT2D eigenvalue weighted by Gasteiger charge is -2.16. The predicted molar refractivity (Wildman–Crippen MR) is 85.2 cm³/mol. The molecule has 2 heterocycles. The van der Waals surface area contributed by atoms with Crippen LogP contribution >= 0.6 is 11.6 Å². The van der Waals surface area contributed by atoms with E-state index in [0.29, 0.717) is 29.4 Å². The third kappa shape index (κ3) is 3.09. The molecule has 0 bridgehead atoms. The van der Waals surface area contributed by atoms with Crippen molar-refractivity contribution in [3.63, 3.8) is 0 Å². The number of rotatable bonds is 3. The Morgan fingerprint density at radius 3 is 2.82 bits per heavy atom. The van der Waals surface area contributed by atoms with Crippen LogP contribution in [0.1, 0.15) is 23.2 Å². The maximum absolute atomic E-state index is 12.3. The van der Waals surface area contributed by atoms with Crippen molar-refractivity contribution in [2.24, 2.45) is 0 Å². The molecule has 1 aliphatic heterocycles. The number of benzene rings is 1. The molecular weight excluding hydrogens is 302 g/mol. The molecule has 3 rings (SSSR count). The van der Waals surface area contributed by atoms with Crippen molar-refractivity contribution in [3.05, 3.63) is 53.2 Å². The van der Waals surface area contributed by atoms with E-state index in [1.807, 2.05) is 6.07 Å². The highest BCUT2D eigenvalue weighted by molar-refractivity contribution is 6.30. The molecule has 0 aliphatic carbocycles. The smallest absolute Gasteiger partial charge is 0.256 e. The number of nitrogens with one attached hydrogen (secondary N) is 1. The number of hydrogen-bond acceptors (Lipinski definition) is 3. The number of aromatic nitrogens is 1. The molecular formula is C16H14ClN3O2. The number of carbonyl (C=O) groups is 2. The van der Waals surface area contributed by atoms with E-state index < -0.39 is 0 Å². The van der Waals surface area contributed by atoms with Crippen LogP contribution in [0, 0.1) is 0 Å². The highest BCUT2D eigenvalue weighted by Crippen LogP contribution is 2.22. The Morgan fingerprint density at radius 1 is 1.27 bits per heavy atom. The summed E-state index contributed by atoms with van der Waals surface area (Å²) in [6.45, 7) is 0.697. The largest absolute Gasteiger partial charge is 0.312 e. The molecule has 1 fully saturated rings. The fourth-order valence-corrected chi connectivity index (χ4v) is 2.49. The Balaban J connectivity index is 1.78. The van der Waals surface area contributed by atoms with Gasteiger partial charge in [-0.2, -0.15) is 0 Å². The van der Waals surface area contributed by atoms with Gasteiger partial charge in [0.05, 0.1) is 5.02 Å². The van der Waals surface area contributed by atoms with Gasteiger partial charge in [-0.15, -0.1) is 0 Å². The molecule has 2 amide bonds. The monoisotopic (exact) mass is 315 g/mol. The number of amides is 2. The minimum Gasteiger partial charge on any atom is -0.312 e. The normalized spacial score (nSPS) is 14.2. The zero-order valence-electron chi connectivity index (χ0n) is 11.8. The molecule has 112 valence electrons. The fraction of sp³-hybridized carbons (Fsp3) is 0.188. The minimum atomic E-state index is -0.275. The van der Waals surface area contributed by atoms with Crippen LogP contribution < -0.4 is 10.2 Å². The Bertz CT molecular complexity index is 716. The summed E-state index contributed by atoms with van der Waals surface area (Å²) in [7, 11) is 0. The lowest BCUT2D eigenvalue weighted by molar-refractivity contribution is -0.117. The molecule has 1 N–H and O–H groups in total. The number of carbonyl (C=O) groups excluding carboxylic acids is 2. The topological polar surface area (TPSA) is 62.3 Å². The second-order valence-corrected chi connectivity index (χ2v) is 5.45. The van der Waals surface area contributed by atoms with Gasteiger partial charge in [0, 0.05) is 30.4 Å². The molecule has 0 saturated carbocycles. The van der Waals surface area contributed by atoms with Crippen LogP contribution in [-0.2, 0) is 4.79 Å². The van der Waals surface area contributed by atoms with Crippen molar-refractivity contribution in [3.8, 4) is 0 Å². The molecule has 1 aromatic carbocycles. The van der Waals surface area contributed by atoms with Gasteiger partial charge >= 0.3 is 0 Å². The SMILES string of the molecule is O=C(Nc1ccc(Cl)cn1)c1cccc(N2CCCC2=O)c1. The van der Waals surface area contributed by atoms with Crippen molar-refractivity contribution in [2.75, 3.05) is 16.8 Å². The fourth-order valence-electron chi connectivity index (χ4n) is 2.37. The molecule has 0 spiro atoms. The second kappa shape index (κ2) is 6.15. The maximum Gasteiger partial charge on any atom is 0.256 e. The van der Waals surface area contributed by atoms with Gasteiger partial charge in [-0.25, -0.2) is 4.98 Å². The van der Waals surface area contributed by atoms with Gasteiger partial charge in [0.1, 0.15) is 5.82 Å². The summed E-state index contributed by atoms with van der Waals surface area (Å²) in [5.41, 5.74) is 1.23. The number of anilines is 2. The number of hydrogen-bond donors (Lipinski definition) is 1. The second-order valence-electron chi connectivity index (χ2n) is 5.02. The third-order valence-electron chi connectivity index (χ3n) is 3.46. The summed E-state index contributed by atoms with van der Waals surface area (Å²) >= 11 is 5.76. The highest BCUT2D eigenvalue weighted by Gasteiger charge is 2.22. The van der Waals surface area contributed by atoms with Crippen LogP contribution in [-0.4, -0.2) is 23.3 Å². The maximum atomic E-state index is 12.3. The molecule has 1 saturated heterocycles.